The van der Waals surface area contributed by atoms with Crippen LogP contribution in [0.3, 0.4) is 0 Å². The van der Waals surface area contributed by atoms with E-state index in [1.807, 2.05) is 19.1 Å². The summed E-state index contributed by atoms with van der Waals surface area (Å²) in [6.45, 7) is 12.9. The van der Waals surface area contributed by atoms with Crippen LogP contribution in [0.2, 0.25) is 0 Å². The minimum atomic E-state index is 0.195. The predicted molar refractivity (Wildman–Crippen MR) is 84.2 cm³/mol. The molecule has 0 aliphatic carbocycles. The first kappa shape index (κ1) is 17.0. The molecule has 1 rings (SSSR count). The van der Waals surface area contributed by atoms with Crippen molar-refractivity contribution >= 4 is 0 Å². The van der Waals surface area contributed by atoms with Crippen LogP contribution in [0.15, 0.2) is 24.3 Å². The lowest BCUT2D eigenvalue weighted by Crippen LogP contribution is -2.37. The van der Waals surface area contributed by atoms with Gasteiger partial charge in [-0.1, -0.05) is 32.0 Å². The lowest BCUT2D eigenvalue weighted by atomic mass is 10.0. The summed E-state index contributed by atoms with van der Waals surface area (Å²) >= 11 is 0. The minimum Gasteiger partial charge on any atom is -0.491 e. The largest absolute Gasteiger partial charge is 0.491 e. The van der Waals surface area contributed by atoms with E-state index in [-0.39, 0.29) is 6.10 Å². The average molecular weight is 279 g/mol. The quantitative estimate of drug-likeness (QED) is 0.749. The second-order valence-electron chi connectivity index (χ2n) is 5.67. The Labute approximate surface area is 123 Å². The standard InChI is InChI=1S/C17H29NO2/c1-6-19-12-16(13(2)3)18-11-15-9-7-8-10-17(15)20-14(4)5/h7-10,13-14,16,18H,6,11-12H2,1-5H3. The van der Waals surface area contributed by atoms with Crippen molar-refractivity contribution in [2.24, 2.45) is 5.92 Å². The van der Waals surface area contributed by atoms with Crippen molar-refractivity contribution in [3.8, 4) is 5.75 Å². The molecule has 1 unspecified atom stereocenters. The molecule has 1 aromatic rings. The van der Waals surface area contributed by atoms with Crippen LogP contribution in [0.4, 0.5) is 0 Å². The van der Waals surface area contributed by atoms with Crippen molar-refractivity contribution in [2.75, 3.05) is 13.2 Å². The average Bonchev–Trinajstić information content (AvgIpc) is 2.39. The monoisotopic (exact) mass is 279 g/mol. The van der Waals surface area contributed by atoms with Gasteiger partial charge in [0.1, 0.15) is 5.75 Å². The van der Waals surface area contributed by atoms with Gasteiger partial charge in [0.05, 0.1) is 12.7 Å². The third-order valence-corrected chi connectivity index (χ3v) is 3.20. The van der Waals surface area contributed by atoms with Gasteiger partial charge in [-0.2, -0.15) is 0 Å². The van der Waals surface area contributed by atoms with Crippen LogP contribution >= 0.6 is 0 Å². The first-order chi connectivity index (χ1) is 9.54. The summed E-state index contributed by atoms with van der Waals surface area (Å²) in [5, 5.41) is 3.58. The molecule has 3 nitrogen and oxygen atoms in total. The van der Waals surface area contributed by atoms with Gasteiger partial charge in [0.15, 0.2) is 0 Å². The molecule has 114 valence electrons. The zero-order valence-electron chi connectivity index (χ0n) is 13.5. The highest BCUT2D eigenvalue weighted by molar-refractivity contribution is 5.33. The Morgan fingerprint density at radius 3 is 2.40 bits per heavy atom. The fourth-order valence-electron chi connectivity index (χ4n) is 1.99. The van der Waals surface area contributed by atoms with Crippen LogP contribution in [0, 0.1) is 5.92 Å². The Kier molecular flexibility index (Phi) is 7.63. The summed E-state index contributed by atoms with van der Waals surface area (Å²) in [6, 6.07) is 8.58. The Hall–Kier alpha value is -1.06. The van der Waals surface area contributed by atoms with Gasteiger partial charge in [0, 0.05) is 24.8 Å². The van der Waals surface area contributed by atoms with E-state index in [1.165, 1.54) is 5.56 Å². The Morgan fingerprint density at radius 2 is 1.80 bits per heavy atom. The van der Waals surface area contributed by atoms with Crippen molar-refractivity contribution < 1.29 is 9.47 Å². The second-order valence-corrected chi connectivity index (χ2v) is 5.67. The molecule has 0 aliphatic rings. The SMILES string of the molecule is CCOCC(NCc1ccccc1OC(C)C)C(C)C. The first-order valence-electron chi connectivity index (χ1n) is 7.60. The molecule has 0 heterocycles. The molecule has 0 saturated heterocycles. The molecule has 20 heavy (non-hydrogen) atoms. The molecule has 1 N–H and O–H groups in total. The molecule has 0 fully saturated rings. The van der Waals surface area contributed by atoms with Crippen LogP contribution < -0.4 is 10.1 Å². The van der Waals surface area contributed by atoms with Gasteiger partial charge in [-0.05, 0) is 32.8 Å². The number of para-hydroxylation sites is 1. The summed E-state index contributed by atoms with van der Waals surface area (Å²) in [5.74, 6) is 1.51. The summed E-state index contributed by atoms with van der Waals surface area (Å²) in [7, 11) is 0. The summed E-state index contributed by atoms with van der Waals surface area (Å²) in [4.78, 5) is 0. The third-order valence-electron chi connectivity index (χ3n) is 3.20. The van der Waals surface area contributed by atoms with E-state index in [9.17, 15) is 0 Å². The number of nitrogens with one attached hydrogen (secondary N) is 1. The van der Waals surface area contributed by atoms with Crippen LogP contribution in [0.25, 0.3) is 0 Å². The fraction of sp³-hybridized carbons (Fsp3) is 0.647. The van der Waals surface area contributed by atoms with Crippen molar-refractivity contribution in [1.29, 1.82) is 0 Å². The van der Waals surface area contributed by atoms with E-state index in [2.05, 4.69) is 45.1 Å². The van der Waals surface area contributed by atoms with Crippen molar-refractivity contribution in [1.82, 2.24) is 5.32 Å². The van der Waals surface area contributed by atoms with E-state index in [1.54, 1.807) is 0 Å². The smallest absolute Gasteiger partial charge is 0.124 e. The molecule has 0 amide bonds. The van der Waals surface area contributed by atoms with Gasteiger partial charge < -0.3 is 14.8 Å². The van der Waals surface area contributed by atoms with Crippen molar-refractivity contribution in [3.63, 3.8) is 0 Å². The van der Waals surface area contributed by atoms with Gasteiger partial charge in [0.25, 0.3) is 0 Å². The predicted octanol–water partition coefficient (Wildman–Crippen LogP) is 3.62. The van der Waals surface area contributed by atoms with E-state index in [0.717, 1.165) is 25.5 Å². The maximum atomic E-state index is 5.85. The van der Waals surface area contributed by atoms with E-state index >= 15 is 0 Å². The number of hydrogen-bond acceptors (Lipinski definition) is 3. The highest BCUT2D eigenvalue weighted by Crippen LogP contribution is 2.19. The van der Waals surface area contributed by atoms with E-state index in [0.29, 0.717) is 12.0 Å². The molecule has 0 spiro atoms. The summed E-state index contributed by atoms with van der Waals surface area (Å²) < 4.78 is 11.4. The number of hydrogen-bond donors (Lipinski definition) is 1. The molecule has 1 aromatic carbocycles. The number of ether oxygens (including phenoxy) is 2. The van der Waals surface area contributed by atoms with Crippen molar-refractivity contribution in [3.05, 3.63) is 29.8 Å². The highest BCUT2D eigenvalue weighted by Gasteiger charge is 2.14. The lowest BCUT2D eigenvalue weighted by molar-refractivity contribution is 0.107. The van der Waals surface area contributed by atoms with Crippen LogP contribution in [-0.4, -0.2) is 25.4 Å². The first-order valence-corrected chi connectivity index (χ1v) is 7.60. The van der Waals surface area contributed by atoms with Crippen LogP contribution in [0.1, 0.15) is 40.2 Å². The van der Waals surface area contributed by atoms with Gasteiger partial charge in [-0.3, -0.25) is 0 Å². The lowest BCUT2D eigenvalue weighted by Gasteiger charge is -2.23. The molecular formula is C17H29NO2. The number of rotatable bonds is 9. The van der Waals surface area contributed by atoms with E-state index < -0.39 is 0 Å². The normalized spacial score (nSPS) is 12.9. The highest BCUT2D eigenvalue weighted by atomic mass is 16.5. The summed E-state index contributed by atoms with van der Waals surface area (Å²) in [6.07, 6.45) is 0.195. The maximum Gasteiger partial charge on any atom is 0.124 e. The summed E-state index contributed by atoms with van der Waals surface area (Å²) in [5.41, 5.74) is 1.20. The van der Waals surface area contributed by atoms with Crippen LogP contribution in [0.5, 0.6) is 5.75 Å². The zero-order chi connectivity index (χ0) is 15.0. The molecule has 0 radical (unpaired) electrons. The molecule has 3 heteroatoms. The maximum absolute atomic E-state index is 5.85. The van der Waals surface area contributed by atoms with Crippen molar-refractivity contribution in [2.45, 2.75) is 53.3 Å². The molecule has 0 aromatic heterocycles. The van der Waals surface area contributed by atoms with Gasteiger partial charge in [0.2, 0.25) is 0 Å². The minimum absolute atomic E-state index is 0.195. The Bertz CT molecular complexity index is 377. The van der Waals surface area contributed by atoms with Crippen LogP contribution in [-0.2, 0) is 11.3 Å². The third kappa shape index (κ3) is 5.93. The number of benzene rings is 1. The fourth-order valence-corrected chi connectivity index (χ4v) is 1.99. The second kappa shape index (κ2) is 8.98. The molecule has 0 bridgehead atoms. The molecule has 0 saturated carbocycles. The zero-order valence-corrected chi connectivity index (χ0v) is 13.5. The Balaban J connectivity index is 2.62. The molecule has 0 aliphatic heterocycles. The van der Waals surface area contributed by atoms with Gasteiger partial charge in [-0.15, -0.1) is 0 Å². The topological polar surface area (TPSA) is 30.5 Å². The Morgan fingerprint density at radius 1 is 1.10 bits per heavy atom. The molecule has 1 atom stereocenters. The molecular weight excluding hydrogens is 250 g/mol. The van der Waals surface area contributed by atoms with E-state index in [4.69, 9.17) is 9.47 Å². The van der Waals surface area contributed by atoms with Gasteiger partial charge >= 0.3 is 0 Å². The van der Waals surface area contributed by atoms with Gasteiger partial charge in [-0.25, -0.2) is 0 Å².